The molecule has 0 fully saturated rings. The number of nitrogens with zero attached hydrogens (tertiary/aromatic N) is 3. The lowest BCUT2D eigenvalue weighted by Crippen LogP contribution is -2.38. The third-order valence-corrected chi connectivity index (χ3v) is 2.28. The Hall–Kier alpha value is -2.71. The number of aromatic nitrogens is 4. The largest absolute Gasteiger partial charge is 0.459 e. The molecule has 9 heteroatoms. The van der Waals surface area contributed by atoms with Gasteiger partial charge in [-0.2, -0.15) is 5.21 Å². The first kappa shape index (κ1) is 12.7. The number of nitrogens with one attached hydrogen (secondary N) is 3. The lowest BCUT2D eigenvalue weighted by Gasteiger charge is -2.10. The molecule has 100 valence electrons. The van der Waals surface area contributed by atoms with Gasteiger partial charge >= 0.3 is 0 Å². The Kier molecular flexibility index (Phi) is 3.86. The minimum Gasteiger partial charge on any atom is -0.459 e. The first-order valence-corrected chi connectivity index (χ1v) is 5.51. The summed E-state index contributed by atoms with van der Waals surface area (Å²) in [7, 11) is 0. The average Bonchev–Trinajstić information content (AvgIpc) is 3.07. The highest BCUT2D eigenvalue weighted by atomic mass is 16.3. The lowest BCUT2D eigenvalue weighted by molar-refractivity contribution is -0.120. The predicted octanol–water partition coefficient (Wildman–Crippen LogP) is -0.600. The molecule has 1 unspecified atom stereocenters. The number of aromatic amines is 1. The van der Waals surface area contributed by atoms with E-state index in [-0.39, 0.29) is 18.2 Å². The van der Waals surface area contributed by atoms with Crippen LogP contribution in [0.5, 0.6) is 0 Å². The van der Waals surface area contributed by atoms with E-state index in [1.54, 1.807) is 13.0 Å². The maximum Gasteiger partial charge on any atom is 0.287 e. The fourth-order valence-corrected chi connectivity index (χ4v) is 1.37. The number of amides is 2. The molecule has 2 aromatic rings. The molecule has 0 saturated carbocycles. The van der Waals surface area contributed by atoms with Gasteiger partial charge in [0.25, 0.3) is 5.91 Å². The number of tetrazole rings is 1. The van der Waals surface area contributed by atoms with Crippen molar-refractivity contribution in [1.82, 2.24) is 31.3 Å². The second kappa shape index (κ2) is 5.76. The maximum atomic E-state index is 11.6. The fraction of sp³-hybridized carbons (Fsp3) is 0.300. The van der Waals surface area contributed by atoms with E-state index >= 15 is 0 Å². The molecule has 1 atom stereocenters. The van der Waals surface area contributed by atoms with Crippen LogP contribution in [0.15, 0.2) is 22.8 Å². The van der Waals surface area contributed by atoms with E-state index in [1.165, 1.54) is 12.3 Å². The van der Waals surface area contributed by atoms with Crippen molar-refractivity contribution in [1.29, 1.82) is 0 Å². The Bertz CT molecular complexity index is 536. The molecular weight excluding hydrogens is 252 g/mol. The summed E-state index contributed by atoms with van der Waals surface area (Å²) in [5.41, 5.74) is 0. The molecule has 0 saturated heterocycles. The Morgan fingerprint density at radius 3 is 3.00 bits per heavy atom. The zero-order valence-corrected chi connectivity index (χ0v) is 10.1. The molecule has 3 N–H and O–H groups in total. The van der Waals surface area contributed by atoms with Crippen LogP contribution < -0.4 is 10.6 Å². The first-order valence-electron chi connectivity index (χ1n) is 5.51. The van der Waals surface area contributed by atoms with Crippen molar-refractivity contribution < 1.29 is 14.0 Å². The van der Waals surface area contributed by atoms with Crippen LogP contribution in [-0.2, 0) is 4.79 Å². The summed E-state index contributed by atoms with van der Waals surface area (Å²) in [4.78, 5) is 23.1. The van der Waals surface area contributed by atoms with E-state index in [1.807, 2.05) is 0 Å². The van der Waals surface area contributed by atoms with Crippen molar-refractivity contribution in [2.24, 2.45) is 0 Å². The van der Waals surface area contributed by atoms with Gasteiger partial charge < -0.3 is 15.1 Å². The number of hydrogen-bond acceptors (Lipinski definition) is 6. The number of furan rings is 1. The van der Waals surface area contributed by atoms with E-state index < -0.39 is 11.9 Å². The van der Waals surface area contributed by atoms with Crippen molar-refractivity contribution in [2.75, 3.05) is 6.54 Å². The summed E-state index contributed by atoms with van der Waals surface area (Å²) in [5, 5.41) is 18.2. The monoisotopic (exact) mass is 264 g/mol. The van der Waals surface area contributed by atoms with Crippen molar-refractivity contribution in [3.05, 3.63) is 30.0 Å². The Morgan fingerprint density at radius 2 is 2.37 bits per heavy atom. The fourth-order valence-electron chi connectivity index (χ4n) is 1.37. The Balaban J connectivity index is 1.77. The van der Waals surface area contributed by atoms with Crippen LogP contribution in [0.25, 0.3) is 0 Å². The van der Waals surface area contributed by atoms with Crippen LogP contribution >= 0.6 is 0 Å². The van der Waals surface area contributed by atoms with Gasteiger partial charge in [-0.3, -0.25) is 9.59 Å². The van der Waals surface area contributed by atoms with Gasteiger partial charge in [-0.15, -0.1) is 10.2 Å². The number of carbonyl (C=O) groups excluding carboxylic acids is 2. The summed E-state index contributed by atoms with van der Waals surface area (Å²) < 4.78 is 4.89. The highest BCUT2D eigenvalue weighted by Gasteiger charge is 2.15. The maximum absolute atomic E-state index is 11.6. The number of H-pyrrole nitrogens is 1. The van der Waals surface area contributed by atoms with Gasteiger partial charge in [0.15, 0.2) is 11.6 Å². The molecule has 0 spiro atoms. The van der Waals surface area contributed by atoms with Crippen LogP contribution in [0.4, 0.5) is 0 Å². The van der Waals surface area contributed by atoms with Crippen molar-refractivity contribution in [2.45, 2.75) is 13.0 Å². The second-order valence-electron chi connectivity index (χ2n) is 3.72. The van der Waals surface area contributed by atoms with E-state index in [2.05, 4.69) is 31.3 Å². The summed E-state index contributed by atoms with van der Waals surface area (Å²) in [6.07, 6.45) is 1.38. The number of hydrogen-bond donors (Lipinski definition) is 3. The summed E-state index contributed by atoms with van der Waals surface area (Å²) in [6, 6.07) is 2.70. The van der Waals surface area contributed by atoms with Gasteiger partial charge in [0, 0.05) is 0 Å². The molecular formula is C10H12N6O3. The normalized spacial score (nSPS) is 11.8. The highest BCUT2D eigenvalue weighted by Crippen LogP contribution is 2.02. The third kappa shape index (κ3) is 3.37. The SMILES string of the molecule is CC(NC(=O)CNC(=O)c1ccco1)c1nn[nH]n1. The first-order chi connectivity index (χ1) is 9.16. The molecule has 2 rings (SSSR count). The molecule has 2 heterocycles. The van der Waals surface area contributed by atoms with E-state index in [9.17, 15) is 9.59 Å². The molecule has 2 aromatic heterocycles. The molecule has 2 amide bonds. The highest BCUT2D eigenvalue weighted by molar-refractivity contribution is 5.94. The van der Waals surface area contributed by atoms with Gasteiger partial charge in [0.1, 0.15) is 0 Å². The molecule has 9 nitrogen and oxygen atoms in total. The zero-order valence-electron chi connectivity index (χ0n) is 10.1. The smallest absolute Gasteiger partial charge is 0.287 e. The van der Waals surface area contributed by atoms with Gasteiger partial charge in [0.05, 0.1) is 18.8 Å². The van der Waals surface area contributed by atoms with Crippen LogP contribution in [0.1, 0.15) is 29.3 Å². The quantitative estimate of drug-likeness (QED) is 0.662. The number of carbonyl (C=O) groups is 2. The Morgan fingerprint density at radius 1 is 1.53 bits per heavy atom. The molecule has 0 aliphatic carbocycles. The van der Waals surface area contributed by atoms with Crippen molar-refractivity contribution >= 4 is 11.8 Å². The third-order valence-electron chi connectivity index (χ3n) is 2.28. The summed E-state index contributed by atoms with van der Waals surface area (Å²) in [6.45, 7) is 1.54. The number of rotatable bonds is 5. The predicted molar refractivity (Wildman–Crippen MR) is 61.8 cm³/mol. The lowest BCUT2D eigenvalue weighted by atomic mass is 10.3. The minimum absolute atomic E-state index is 0.152. The van der Waals surface area contributed by atoms with E-state index in [4.69, 9.17) is 4.42 Å². The van der Waals surface area contributed by atoms with Crippen LogP contribution in [0.2, 0.25) is 0 Å². The van der Waals surface area contributed by atoms with Gasteiger partial charge in [0.2, 0.25) is 5.91 Å². The topological polar surface area (TPSA) is 126 Å². The van der Waals surface area contributed by atoms with Crippen LogP contribution in [-0.4, -0.2) is 39.0 Å². The van der Waals surface area contributed by atoms with Crippen LogP contribution in [0, 0.1) is 0 Å². The molecule has 19 heavy (non-hydrogen) atoms. The minimum atomic E-state index is -0.452. The Labute approximate surface area is 107 Å². The van der Waals surface area contributed by atoms with Gasteiger partial charge in [-0.1, -0.05) is 5.21 Å². The molecule has 0 bridgehead atoms. The molecule has 0 aliphatic rings. The summed E-state index contributed by atoms with van der Waals surface area (Å²) in [5.74, 6) is -0.297. The standard InChI is InChI=1S/C10H12N6O3/c1-6(9-13-15-16-14-9)12-8(17)5-11-10(18)7-3-2-4-19-7/h2-4,6H,5H2,1H3,(H,11,18)(H,12,17)(H,13,14,15,16). The molecule has 0 radical (unpaired) electrons. The molecule has 0 aromatic carbocycles. The van der Waals surface area contributed by atoms with E-state index in [0.717, 1.165) is 0 Å². The van der Waals surface area contributed by atoms with E-state index in [0.29, 0.717) is 5.82 Å². The van der Waals surface area contributed by atoms with Gasteiger partial charge in [-0.05, 0) is 19.1 Å². The zero-order chi connectivity index (χ0) is 13.7. The van der Waals surface area contributed by atoms with Crippen molar-refractivity contribution in [3.8, 4) is 0 Å². The second-order valence-corrected chi connectivity index (χ2v) is 3.72. The van der Waals surface area contributed by atoms with Gasteiger partial charge in [-0.25, -0.2) is 0 Å². The summed E-state index contributed by atoms with van der Waals surface area (Å²) >= 11 is 0. The average molecular weight is 264 g/mol. The van der Waals surface area contributed by atoms with Crippen LogP contribution in [0.3, 0.4) is 0 Å². The molecule has 0 aliphatic heterocycles. The van der Waals surface area contributed by atoms with Crippen molar-refractivity contribution in [3.63, 3.8) is 0 Å².